The van der Waals surface area contributed by atoms with Crippen LogP contribution in [0.2, 0.25) is 10.0 Å². The van der Waals surface area contributed by atoms with Crippen molar-refractivity contribution in [2.75, 3.05) is 19.6 Å². The van der Waals surface area contributed by atoms with E-state index in [1.54, 1.807) is 24.3 Å². The smallest absolute Gasteiger partial charge is 0.247 e. The Bertz CT molecular complexity index is 543. The van der Waals surface area contributed by atoms with Crippen molar-refractivity contribution in [2.45, 2.75) is 0 Å². The highest BCUT2D eigenvalue weighted by Gasteiger charge is 2.19. The highest BCUT2D eigenvalue weighted by atomic mass is 35.5. The number of carbonyl (C=O) groups excluding carboxylic acids is 2. The minimum absolute atomic E-state index is 0.0897. The quantitative estimate of drug-likeness (QED) is 0.849. The third kappa shape index (κ3) is 3.49. The van der Waals surface area contributed by atoms with Crippen LogP contribution in [0.15, 0.2) is 24.3 Å². The molecule has 1 aromatic carbocycles. The third-order valence-corrected chi connectivity index (χ3v) is 3.57. The summed E-state index contributed by atoms with van der Waals surface area (Å²) >= 11 is 11.9. The van der Waals surface area contributed by atoms with E-state index in [-0.39, 0.29) is 18.4 Å². The number of nitrogens with one attached hydrogen (secondary N) is 1. The van der Waals surface area contributed by atoms with Gasteiger partial charge in [0.05, 0.1) is 16.6 Å². The fourth-order valence-electron chi connectivity index (χ4n) is 1.74. The Balaban J connectivity index is 2.07. The zero-order chi connectivity index (χ0) is 13.8. The molecule has 0 radical (unpaired) electrons. The number of nitrogens with zero attached hydrogens (tertiary/aromatic N) is 1. The van der Waals surface area contributed by atoms with Gasteiger partial charge in [-0.15, -0.1) is 0 Å². The lowest BCUT2D eigenvalue weighted by Gasteiger charge is -2.25. The van der Waals surface area contributed by atoms with E-state index < -0.39 is 0 Å². The lowest BCUT2D eigenvalue weighted by atomic mass is 10.2. The largest absolute Gasteiger partial charge is 0.353 e. The summed E-state index contributed by atoms with van der Waals surface area (Å²) in [4.78, 5) is 24.6. The number of hydrogen-bond acceptors (Lipinski definition) is 2. The van der Waals surface area contributed by atoms with Gasteiger partial charge in [0.25, 0.3) is 0 Å². The SMILES string of the molecule is O=C1CN(C(=O)C=Cc2cccc(Cl)c2Cl)CCN1. The molecule has 4 nitrogen and oxygen atoms in total. The van der Waals surface area contributed by atoms with Gasteiger partial charge in [0.15, 0.2) is 0 Å². The van der Waals surface area contributed by atoms with Gasteiger partial charge in [0, 0.05) is 19.2 Å². The van der Waals surface area contributed by atoms with Crippen molar-refractivity contribution in [1.82, 2.24) is 10.2 Å². The summed E-state index contributed by atoms with van der Waals surface area (Å²) in [5, 5.41) is 3.51. The van der Waals surface area contributed by atoms with Gasteiger partial charge >= 0.3 is 0 Å². The highest BCUT2D eigenvalue weighted by Crippen LogP contribution is 2.26. The standard InChI is InChI=1S/C13H12Cl2N2O2/c14-10-3-1-2-9(13(10)15)4-5-12(19)17-7-6-16-11(18)8-17/h1-5H,6-8H2,(H,16,18). The number of hydrogen-bond donors (Lipinski definition) is 1. The first kappa shape index (κ1) is 13.9. The Labute approximate surface area is 121 Å². The van der Waals surface area contributed by atoms with Crippen LogP contribution < -0.4 is 5.32 Å². The van der Waals surface area contributed by atoms with Gasteiger partial charge in [-0.25, -0.2) is 0 Å². The summed E-state index contributed by atoms with van der Waals surface area (Å²) in [6, 6.07) is 5.20. The minimum atomic E-state index is -0.217. The maximum absolute atomic E-state index is 11.9. The molecular formula is C13H12Cl2N2O2. The fourth-order valence-corrected chi connectivity index (χ4v) is 2.11. The van der Waals surface area contributed by atoms with E-state index in [4.69, 9.17) is 23.2 Å². The van der Waals surface area contributed by atoms with E-state index in [9.17, 15) is 9.59 Å². The molecule has 0 aliphatic carbocycles. The molecule has 2 amide bonds. The van der Waals surface area contributed by atoms with Gasteiger partial charge in [-0.1, -0.05) is 35.3 Å². The van der Waals surface area contributed by atoms with Crippen molar-refractivity contribution in [1.29, 1.82) is 0 Å². The molecule has 1 aliphatic rings. The van der Waals surface area contributed by atoms with E-state index in [0.717, 1.165) is 0 Å². The number of piperazine rings is 1. The van der Waals surface area contributed by atoms with Crippen molar-refractivity contribution in [2.24, 2.45) is 0 Å². The summed E-state index contributed by atoms with van der Waals surface area (Å²) in [6.07, 6.45) is 3.00. The Hall–Kier alpha value is -1.52. The molecule has 1 heterocycles. The van der Waals surface area contributed by atoms with Crippen LogP contribution in [-0.2, 0) is 9.59 Å². The molecule has 0 saturated carbocycles. The second-order valence-electron chi connectivity index (χ2n) is 4.09. The van der Waals surface area contributed by atoms with Crippen molar-refractivity contribution in [3.05, 3.63) is 39.9 Å². The summed E-state index contributed by atoms with van der Waals surface area (Å²) < 4.78 is 0. The van der Waals surface area contributed by atoms with Crippen LogP contribution in [-0.4, -0.2) is 36.3 Å². The monoisotopic (exact) mass is 298 g/mol. The summed E-state index contributed by atoms with van der Waals surface area (Å²) in [6.45, 7) is 1.08. The molecule has 1 aromatic rings. The number of benzene rings is 1. The molecule has 1 N–H and O–H groups in total. The fraction of sp³-hybridized carbons (Fsp3) is 0.231. The lowest BCUT2D eigenvalue weighted by Crippen LogP contribution is -2.49. The summed E-state index contributed by atoms with van der Waals surface area (Å²) in [5.41, 5.74) is 0.670. The predicted molar refractivity (Wildman–Crippen MR) is 75.1 cm³/mol. The topological polar surface area (TPSA) is 49.4 Å². The first-order valence-electron chi connectivity index (χ1n) is 5.75. The number of amides is 2. The molecular weight excluding hydrogens is 287 g/mol. The van der Waals surface area contributed by atoms with Crippen molar-refractivity contribution >= 4 is 41.1 Å². The Morgan fingerprint density at radius 1 is 1.37 bits per heavy atom. The zero-order valence-corrected chi connectivity index (χ0v) is 11.5. The predicted octanol–water partition coefficient (Wildman–Crippen LogP) is 1.97. The Kier molecular flexibility index (Phi) is 4.45. The van der Waals surface area contributed by atoms with Gasteiger partial charge in [-0.05, 0) is 17.7 Å². The van der Waals surface area contributed by atoms with Crippen LogP contribution in [0, 0.1) is 0 Å². The van der Waals surface area contributed by atoms with E-state index in [2.05, 4.69) is 5.32 Å². The van der Waals surface area contributed by atoms with Gasteiger partial charge in [0.1, 0.15) is 0 Å². The molecule has 0 spiro atoms. The van der Waals surface area contributed by atoms with Gasteiger partial charge in [-0.3, -0.25) is 9.59 Å². The van der Waals surface area contributed by atoms with Crippen LogP contribution in [0.25, 0.3) is 6.08 Å². The summed E-state index contributed by atoms with van der Waals surface area (Å²) in [5.74, 6) is -0.361. The maximum atomic E-state index is 11.9. The second kappa shape index (κ2) is 6.08. The second-order valence-corrected chi connectivity index (χ2v) is 4.87. The van der Waals surface area contributed by atoms with Gasteiger partial charge in [-0.2, -0.15) is 0 Å². The van der Waals surface area contributed by atoms with Crippen LogP contribution in [0.5, 0.6) is 0 Å². The van der Waals surface area contributed by atoms with Crippen LogP contribution in [0.3, 0.4) is 0 Å². The average molecular weight is 299 g/mol. The molecule has 0 unspecified atom stereocenters. The highest BCUT2D eigenvalue weighted by molar-refractivity contribution is 6.42. The molecule has 19 heavy (non-hydrogen) atoms. The molecule has 2 rings (SSSR count). The first-order chi connectivity index (χ1) is 9.08. The molecule has 0 aromatic heterocycles. The van der Waals surface area contributed by atoms with E-state index in [1.807, 2.05) is 0 Å². The van der Waals surface area contributed by atoms with E-state index in [1.165, 1.54) is 11.0 Å². The lowest BCUT2D eigenvalue weighted by molar-refractivity contribution is -0.134. The van der Waals surface area contributed by atoms with Crippen LogP contribution in [0.4, 0.5) is 0 Å². The number of carbonyl (C=O) groups is 2. The maximum Gasteiger partial charge on any atom is 0.247 e. The molecule has 0 atom stereocenters. The van der Waals surface area contributed by atoms with Crippen LogP contribution >= 0.6 is 23.2 Å². The zero-order valence-electron chi connectivity index (χ0n) is 10.0. The third-order valence-electron chi connectivity index (χ3n) is 2.74. The molecule has 6 heteroatoms. The van der Waals surface area contributed by atoms with Crippen molar-refractivity contribution < 1.29 is 9.59 Å². The Morgan fingerprint density at radius 3 is 2.89 bits per heavy atom. The molecule has 1 fully saturated rings. The molecule has 100 valence electrons. The number of rotatable bonds is 2. The van der Waals surface area contributed by atoms with Crippen LogP contribution in [0.1, 0.15) is 5.56 Å². The van der Waals surface area contributed by atoms with Gasteiger partial charge in [0.2, 0.25) is 11.8 Å². The molecule has 1 saturated heterocycles. The molecule has 0 bridgehead atoms. The first-order valence-corrected chi connectivity index (χ1v) is 6.51. The van der Waals surface area contributed by atoms with Crippen molar-refractivity contribution in [3.63, 3.8) is 0 Å². The average Bonchev–Trinajstić information content (AvgIpc) is 2.40. The molecule has 1 aliphatic heterocycles. The Morgan fingerprint density at radius 2 is 2.16 bits per heavy atom. The minimum Gasteiger partial charge on any atom is -0.353 e. The summed E-state index contributed by atoms with van der Waals surface area (Å²) in [7, 11) is 0. The van der Waals surface area contributed by atoms with Crippen molar-refractivity contribution in [3.8, 4) is 0 Å². The van der Waals surface area contributed by atoms with E-state index >= 15 is 0 Å². The normalized spacial score (nSPS) is 15.7. The van der Waals surface area contributed by atoms with E-state index in [0.29, 0.717) is 28.7 Å². The number of halogens is 2. The van der Waals surface area contributed by atoms with Gasteiger partial charge < -0.3 is 10.2 Å².